The van der Waals surface area contributed by atoms with Gasteiger partial charge in [-0.2, -0.15) is 4.98 Å². The van der Waals surface area contributed by atoms with Gasteiger partial charge in [-0.1, -0.05) is 19.0 Å². The van der Waals surface area contributed by atoms with Crippen LogP contribution in [0.1, 0.15) is 57.7 Å². The zero-order valence-electron chi connectivity index (χ0n) is 12.1. The number of rotatable bonds is 6. The van der Waals surface area contributed by atoms with E-state index in [4.69, 9.17) is 10.3 Å². The van der Waals surface area contributed by atoms with E-state index in [0.717, 1.165) is 50.5 Å². The van der Waals surface area contributed by atoms with E-state index in [2.05, 4.69) is 28.9 Å². The van der Waals surface area contributed by atoms with Crippen molar-refractivity contribution in [1.29, 1.82) is 0 Å². The number of aryl methyl sites for hydroxylation is 1. The largest absolute Gasteiger partial charge is 0.339 e. The van der Waals surface area contributed by atoms with Crippen molar-refractivity contribution in [3.8, 4) is 0 Å². The molecule has 108 valence electrons. The summed E-state index contributed by atoms with van der Waals surface area (Å²) >= 11 is 0. The summed E-state index contributed by atoms with van der Waals surface area (Å²) in [5, 5.41) is 4.08. The number of hydrogen-bond donors (Lipinski definition) is 1. The van der Waals surface area contributed by atoms with Gasteiger partial charge in [0.2, 0.25) is 5.89 Å². The Hall–Kier alpha value is -0.940. The van der Waals surface area contributed by atoms with E-state index in [-0.39, 0.29) is 0 Å². The summed E-state index contributed by atoms with van der Waals surface area (Å²) in [6.45, 7) is 6.14. The topological polar surface area (TPSA) is 68.2 Å². The van der Waals surface area contributed by atoms with Crippen LogP contribution in [0.5, 0.6) is 0 Å². The van der Waals surface area contributed by atoms with Crippen molar-refractivity contribution in [3.05, 3.63) is 11.7 Å². The average molecular weight is 266 g/mol. The Balaban J connectivity index is 1.90. The lowest BCUT2D eigenvalue weighted by Crippen LogP contribution is -2.40. The van der Waals surface area contributed by atoms with Gasteiger partial charge in [0.15, 0.2) is 5.82 Å². The van der Waals surface area contributed by atoms with Crippen LogP contribution < -0.4 is 5.73 Å². The third-order valence-electron chi connectivity index (χ3n) is 3.98. The van der Waals surface area contributed by atoms with Crippen LogP contribution in [0.25, 0.3) is 0 Å². The molecule has 1 aromatic heterocycles. The van der Waals surface area contributed by atoms with Crippen LogP contribution in [0, 0.1) is 0 Å². The van der Waals surface area contributed by atoms with Crippen molar-refractivity contribution in [3.63, 3.8) is 0 Å². The van der Waals surface area contributed by atoms with Crippen LogP contribution in [-0.2, 0) is 13.0 Å². The van der Waals surface area contributed by atoms with Gasteiger partial charge in [0.25, 0.3) is 0 Å². The lowest BCUT2D eigenvalue weighted by Gasteiger charge is -2.34. The maximum atomic E-state index is 5.97. The van der Waals surface area contributed by atoms with Crippen LogP contribution in [0.4, 0.5) is 0 Å². The monoisotopic (exact) mass is 266 g/mol. The van der Waals surface area contributed by atoms with Gasteiger partial charge in [-0.25, -0.2) is 0 Å². The lowest BCUT2D eigenvalue weighted by molar-refractivity contribution is 0.144. The minimum Gasteiger partial charge on any atom is -0.339 e. The van der Waals surface area contributed by atoms with Crippen LogP contribution in [-0.4, -0.2) is 33.7 Å². The van der Waals surface area contributed by atoms with Gasteiger partial charge in [0, 0.05) is 18.5 Å². The Morgan fingerprint density at radius 1 is 1.26 bits per heavy atom. The summed E-state index contributed by atoms with van der Waals surface area (Å²) in [5.41, 5.74) is 5.97. The molecule has 0 saturated heterocycles. The van der Waals surface area contributed by atoms with Gasteiger partial charge in [-0.3, -0.25) is 4.90 Å². The molecule has 1 saturated carbocycles. The minimum absolute atomic E-state index is 0.399. The van der Waals surface area contributed by atoms with E-state index in [9.17, 15) is 0 Å². The molecule has 19 heavy (non-hydrogen) atoms. The van der Waals surface area contributed by atoms with E-state index in [1.54, 1.807) is 0 Å². The van der Waals surface area contributed by atoms with E-state index in [1.807, 2.05) is 0 Å². The normalized spacial score (nSPS) is 24.0. The van der Waals surface area contributed by atoms with Crippen molar-refractivity contribution >= 4 is 0 Å². The average Bonchev–Trinajstić information content (AvgIpc) is 2.85. The molecule has 1 aliphatic carbocycles. The van der Waals surface area contributed by atoms with E-state index < -0.39 is 0 Å². The van der Waals surface area contributed by atoms with E-state index >= 15 is 0 Å². The van der Waals surface area contributed by atoms with Gasteiger partial charge in [-0.15, -0.1) is 0 Å². The molecule has 0 radical (unpaired) electrons. The van der Waals surface area contributed by atoms with E-state index in [1.165, 1.54) is 12.8 Å². The van der Waals surface area contributed by atoms with Crippen molar-refractivity contribution < 1.29 is 4.52 Å². The SMILES string of the molecule is CCCc1nc(CN(CC)C2CCC(N)CC2)no1. The predicted molar refractivity (Wildman–Crippen MR) is 74.6 cm³/mol. The van der Waals surface area contributed by atoms with Gasteiger partial charge >= 0.3 is 0 Å². The van der Waals surface area contributed by atoms with Crippen LogP contribution in [0.3, 0.4) is 0 Å². The first-order chi connectivity index (χ1) is 9.22. The molecule has 0 aliphatic heterocycles. The highest BCUT2D eigenvalue weighted by Crippen LogP contribution is 2.23. The molecule has 0 spiro atoms. The molecular formula is C14H26N4O. The van der Waals surface area contributed by atoms with Gasteiger partial charge in [0.05, 0.1) is 6.54 Å². The first kappa shape index (κ1) is 14.5. The summed E-state index contributed by atoms with van der Waals surface area (Å²) in [6, 6.07) is 1.02. The highest BCUT2D eigenvalue weighted by Gasteiger charge is 2.24. The van der Waals surface area contributed by atoms with Gasteiger partial charge in [0.1, 0.15) is 0 Å². The molecule has 5 heteroatoms. The van der Waals surface area contributed by atoms with Crippen LogP contribution in [0.2, 0.25) is 0 Å². The Bertz CT molecular complexity index is 371. The Morgan fingerprint density at radius 3 is 2.63 bits per heavy atom. The second kappa shape index (κ2) is 7.01. The summed E-state index contributed by atoms with van der Waals surface area (Å²) in [6.07, 6.45) is 6.56. The number of aromatic nitrogens is 2. The zero-order valence-corrected chi connectivity index (χ0v) is 12.1. The molecule has 1 fully saturated rings. The van der Waals surface area contributed by atoms with Gasteiger partial charge in [-0.05, 0) is 38.6 Å². The first-order valence-electron chi connectivity index (χ1n) is 7.54. The summed E-state index contributed by atoms with van der Waals surface area (Å²) in [5.74, 6) is 1.58. The highest BCUT2D eigenvalue weighted by molar-refractivity contribution is 4.89. The fraction of sp³-hybridized carbons (Fsp3) is 0.857. The second-order valence-electron chi connectivity index (χ2n) is 5.49. The molecule has 5 nitrogen and oxygen atoms in total. The molecule has 0 amide bonds. The third-order valence-corrected chi connectivity index (χ3v) is 3.98. The maximum Gasteiger partial charge on any atom is 0.226 e. The fourth-order valence-electron chi connectivity index (χ4n) is 2.82. The first-order valence-corrected chi connectivity index (χ1v) is 7.54. The molecule has 2 N–H and O–H groups in total. The smallest absolute Gasteiger partial charge is 0.226 e. The third kappa shape index (κ3) is 4.01. The van der Waals surface area contributed by atoms with Crippen LogP contribution >= 0.6 is 0 Å². The molecule has 1 aromatic rings. The summed E-state index contributed by atoms with van der Waals surface area (Å²) < 4.78 is 5.25. The number of hydrogen-bond acceptors (Lipinski definition) is 5. The minimum atomic E-state index is 0.399. The molecule has 1 heterocycles. The lowest BCUT2D eigenvalue weighted by atomic mass is 9.91. The maximum absolute atomic E-state index is 5.97. The van der Waals surface area contributed by atoms with Crippen molar-refractivity contribution in [1.82, 2.24) is 15.0 Å². The van der Waals surface area contributed by atoms with Gasteiger partial charge < -0.3 is 10.3 Å². The summed E-state index contributed by atoms with van der Waals surface area (Å²) in [4.78, 5) is 6.90. The fourth-order valence-corrected chi connectivity index (χ4v) is 2.82. The molecule has 0 unspecified atom stereocenters. The van der Waals surface area contributed by atoms with Crippen molar-refractivity contribution in [2.45, 2.75) is 71.0 Å². The molecule has 1 aliphatic rings. The number of nitrogens with two attached hydrogens (primary N) is 1. The predicted octanol–water partition coefficient (Wildman–Crippen LogP) is 2.11. The molecule has 2 rings (SSSR count). The second-order valence-corrected chi connectivity index (χ2v) is 5.49. The Kier molecular flexibility index (Phi) is 5.34. The quantitative estimate of drug-likeness (QED) is 0.854. The zero-order chi connectivity index (χ0) is 13.7. The Labute approximate surface area is 115 Å². The molecular weight excluding hydrogens is 240 g/mol. The standard InChI is InChI=1S/C14H26N4O/c1-3-5-14-16-13(17-19-14)10-18(4-2)12-8-6-11(15)7-9-12/h11-12H,3-10,15H2,1-2H3. The Morgan fingerprint density at radius 2 is 2.00 bits per heavy atom. The number of nitrogens with zero attached hydrogens (tertiary/aromatic N) is 3. The highest BCUT2D eigenvalue weighted by atomic mass is 16.5. The van der Waals surface area contributed by atoms with Crippen molar-refractivity contribution in [2.75, 3.05) is 6.54 Å². The molecule has 0 aromatic carbocycles. The molecule has 0 bridgehead atoms. The van der Waals surface area contributed by atoms with E-state index in [0.29, 0.717) is 12.1 Å². The summed E-state index contributed by atoms with van der Waals surface area (Å²) in [7, 11) is 0. The van der Waals surface area contributed by atoms with Crippen molar-refractivity contribution in [2.24, 2.45) is 5.73 Å². The van der Waals surface area contributed by atoms with Crippen LogP contribution in [0.15, 0.2) is 4.52 Å². The molecule has 0 atom stereocenters.